The van der Waals surface area contributed by atoms with Crippen molar-refractivity contribution in [2.24, 2.45) is 4.99 Å². The SMILES string of the molecule is Cc1cccc(F)c1C1(N=C=O)CC1. The average molecular weight is 191 g/mol. The predicted molar refractivity (Wildman–Crippen MR) is 50.2 cm³/mol. The number of halogens is 1. The second-order valence-electron chi connectivity index (χ2n) is 3.67. The first-order valence-electron chi connectivity index (χ1n) is 4.54. The van der Waals surface area contributed by atoms with E-state index < -0.39 is 5.54 Å². The van der Waals surface area contributed by atoms with Crippen molar-refractivity contribution in [1.29, 1.82) is 0 Å². The van der Waals surface area contributed by atoms with Gasteiger partial charge in [-0.1, -0.05) is 12.1 Å². The Kier molecular flexibility index (Phi) is 1.97. The van der Waals surface area contributed by atoms with E-state index in [1.54, 1.807) is 6.07 Å². The van der Waals surface area contributed by atoms with Gasteiger partial charge in [0.2, 0.25) is 6.08 Å². The van der Waals surface area contributed by atoms with Crippen LogP contribution >= 0.6 is 0 Å². The number of hydrogen-bond acceptors (Lipinski definition) is 2. The third-order valence-corrected chi connectivity index (χ3v) is 2.67. The van der Waals surface area contributed by atoms with E-state index in [1.807, 2.05) is 13.0 Å². The quantitative estimate of drug-likeness (QED) is 0.521. The standard InChI is InChI=1S/C11H10FNO/c1-8-3-2-4-9(12)10(8)11(5-6-11)13-7-14/h2-4H,5-6H2,1H3. The Morgan fingerprint density at radius 1 is 1.50 bits per heavy atom. The maximum absolute atomic E-state index is 13.5. The number of nitrogens with zero attached hydrogens (tertiary/aromatic N) is 1. The minimum Gasteiger partial charge on any atom is -0.211 e. The molecule has 0 spiro atoms. The zero-order chi connectivity index (χ0) is 10.2. The molecule has 3 heteroatoms. The number of carbonyl (C=O) groups excluding carboxylic acids is 1. The summed E-state index contributed by atoms with van der Waals surface area (Å²) in [6, 6.07) is 4.90. The molecule has 1 aliphatic rings. The molecular weight excluding hydrogens is 181 g/mol. The van der Waals surface area contributed by atoms with E-state index >= 15 is 0 Å². The van der Waals surface area contributed by atoms with E-state index in [2.05, 4.69) is 4.99 Å². The van der Waals surface area contributed by atoms with Crippen LogP contribution in [-0.4, -0.2) is 6.08 Å². The monoisotopic (exact) mass is 191 g/mol. The molecule has 1 aliphatic carbocycles. The Hall–Kier alpha value is -1.47. The van der Waals surface area contributed by atoms with Gasteiger partial charge in [0.25, 0.3) is 0 Å². The van der Waals surface area contributed by atoms with Crippen molar-refractivity contribution in [3.63, 3.8) is 0 Å². The van der Waals surface area contributed by atoms with Crippen molar-refractivity contribution >= 4 is 6.08 Å². The van der Waals surface area contributed by atoms with Crippen LogP contribution < -0.4 is 0 Å². The fourth-order valence-corrected chi connectivity index (χ4v) is 1.84. The van der Waals surface area contributed by atoms with Crippen LogP contribution in [0.4, 0.5) is 4.39 Å². The van der Waals surface area contributed by atoms with Gasteiger partial charge in [-0.15, -0.1) is 0 Å². The van der Waals surface area contributed by atoms with Crippen LogP contribution in [0.1, 0.15) is 24.0 Å². The van der Waals surface area contributed by atoms with Crippen molar-refractivity contribution in [1.82, 2.24) is 0 Å². The van der Waals surface area contributed by atoms with Crippen molar-refractivity contribution in [3.8, 4) is 0 Å². The highest BCUT2D eigenvalue weighted by atomic mass is 19.1. The van der Waals surface area contributed by atoms with Crippen LogP contribution in [0, 0.1) is 12.7 Å². The van der Waals surface area contributed by atoms with Gasteiger partial charge >= 0.3 is 0 Å². The Labute approximate surface area is 81.5 Å². The minimum absolute atomic E-state index is 0.276. The molecule has 1 aromatic rings. The average Bonchev–Trinajstić information content (AvgIpc) is 2.86. The summed E-state index contributed by atoms with van der Waals surface area (Å²) in [6.07, 6.45) is 3.01. The normalized spacial score (nSPS) is 17.3. The molecule has 0 unspecified atom stereocenters. The van der Waals surface area contributed by atoms with Gasteiger partial charge in [0.1, 0.15) is 11.4 Å². The largest absolute Gasteiger partial charge is 0.235 e. The van der Waals surface area contributed by atoms with Crippen LogP contribution in [0.3, 0.4) is 0 Å². The molecule has 0 atom stereocenters. The Bertz CT molecular complexity index is 397. The Balaban J connectivity index is 2.56. The van der Waals surface area contributed by atoms with E-state index in [4.69, 9.17) is 0 Å². The minimum atomic E-state index is -0.600. The maximum atomic E-state index is 13.5. The van der Waals surface area contributed by atoms with Gasteiger partial charge in [0, 0.05) is 5.56 Å². The summed E-state index contributed by atoms with van der Waals surface area (Å²) in [4.78, 5) is 14.0. The second kappa shape index (κ2) is 3.03. The summed E-state index contributed by atoms with van der Waals surface area (Å²) in [7, 11) is 0. The van der Waals surface area contributed by atoms with Crippen molar-refractivity contribution in [3.05, 3.63) is 35.1 Å². The van der Waals surface area contributed by atoms with Gasteiger partial charge < -0.3 is 0 Å². The molecule has 2 rings (SSSR count). The molecule has 0 amide bonds. The smallest absolute Gasteiger partial charge is 0.211 e. The highest BCUT2D eigenvalue weighted by molar-refractivity contribution is 5.44. The van der Waals surface area contributed by atoms with Gasteiger partial charge in [-0.05, 0) is 31.4 Å². The summed E-state index contributed by atoms with van der Waals surface area (Å²) >= 11 is 0. The summed E-state index contributed by atoms with van der Waals surface area (Å²) < 4.78 is 13.5. The zero-order valence-corrected chi connectivity index (χ0v) is 7.88. The highest BCUT2D eigenvalue weighted by Gasteiger charge is 2.47. The van der Waals surface area contributed by atoms with E-state index in [9.17, 15) is 9.18 Å². The third kappa shape index (κ3) is 1.26. The first-order chi connectivity index (χ1) is 6.69. The maximum Gasteiger partial charge on any atom is 0.235 e. The fourth-order valence-electron chi connectivity index (χ4n) is 1.84. The number of rotatable bonds is 2. The molecule has 1 aromatic carbocycles. The summed E-state index contributed by atoms with van der Waals surface area (Å²) in [5.41, 5.74) is 0.807. The molecule has 1 fully saturated rings. The summed E-state index contributed by atoms with van der Waals surface area (Å²) in [6.45, 7) is 1.83. The molecular formula is C11H10FNO. The van der Waals surface area contributed by atoms with E-state index in [0.29, 0.717) is 5.56 Å². The van der Waals surface area contributed by atoms with Crippen LogP contribution in [-0.2, 0) is 10.3 Å². The molecule has 1 saturated carbocycles. The van der Waals surface area contributed by atoms with Crippen molar-refractivity contribution < 1.29 is 9.18 Å². The number of isocyanates is 1. The number of aryl methyl sites for hydroxylation is 1. The Morgan fingerprint density at radius 2 is 2.21 bits per heavy atom. The lowest BCUT2D eigenvalue weighted by Gasteiger charge is -2.12. The van der Waals surface area contributed by atoms with E-state index in [1.165, 1.54) is 12.1 Å². The predicted octanol–water partition coefficient (Wildman–Crippen LogP) is 2.46. The van der Waals surface area contributed by atoms with E-state index in [-0.39, 0.29) is 5.82 Å². The summed E-state index contributed by atoms with van der Waals surface area (Å²) in [5, 5.41) is 0. The molecule has 0 aromatic heterocycles. The second-order valence-corrected chi connectivity index (χ2v) is 3.67. The number of aliphatic imine (C=N–C) groups is 1. The lowest BCUT2D eigenvalue weighted by atomic mass is 9.99. The zero-order valence-electron chi connectivity index (χ0n) is 7.88. The fraction of sp³-hybridized carbons (Fsp3) is 0.364. The van der Waals surface area contributed by atoms with Gasteiger partial charge in [0.05, 0.1) is 0 Å². The molecule has 0 N–H and O–H groups in total. The number of benzene rings is 1. The molecule has 0 bridgehead atoms. The van der Waals surface area contributed by atoms with Gasteiger partial charge in [-0.3, -0.25) is 0 Å². The lowest BCUT2D eigenvalue weighted by Crippen LogP contribution is -2.07. The molecule has 0 radical (unpaired) electrons. The molecule has 72 valence electrons. The molecule has 0 saturated heterocycles. The lowest BCUT2D eigenvalue weighted by molar-refractivity contribution is 0.546. The third-order valence-electron chi connectivity index (χ3n) is 2.67. The van der Waals surface area contributed by atoms with E-state index in [0.717, 1.165) is 18.4 Å². The van der Waals surface area contributed by atoms with Crippen LogP contribution in [0.5, 0.6) is 0 Å². The van der Waals surface area contributed by atoms with Gasteiger partial charge in [0.15, 0.2) is 0 Å². The van der Waals surface area contributed by atoms with Crippen molar-refractivity contribution in [2.45, 2.75) is 25.3 Å². The molecule has 0 heterocycles. The summed E-state index contributed by atoms with van der Waals surface area (Å²) in [5.74, 6) is -0.276. The van der Waals surface area contributed by atoms with Crippen LogP contribution in [0.15, 0.2) is 23.2 Å². The first kappa shape index (κ1) is 9.10. The van der Waals surface area contributed by atoms with Gasteiger partial charge in [-0.25, -0.2) is 9.18 Å². The highest BCUT2D eigenvalue weighted by Crippen LogP contribution is 2.51. The first-order valence-corrected chi connectivity index (χ1v) is 4.54. The molecule has 2 nitrogen and oxygen atoms in total. The topological polar surface area (TPSA) is 29.4 Å². The molecule has 0 aliphatic heterocycles. The Morgan fingerprint density at radius 3 is 2.71 bits per heavy atom. The number of hydrogen-bond donors (Lipinski definition) is 0. The van der Waals surface area contributed by atoms with Gasteiger partial charge in [-0.2, -0.15) is 4.99 Å². The van der Waals surface area contributed by atoms with Crippen molar-refractivity contribution in [2.75, 3.05) is 0 Å². The van der Waals surface area contributed by atoms with Crippen LogP contribution in [0.25, 0.3) is 0 Å². The molecule has 14 heavy (non-hydrogen) atoms. The van der Waals surface area contributed by atoms with Crippen LogP contribution in [0.2, 0.25) is 0 Å².